The molecule has 4 aromatic carbocycles. The smallest absolute Gasteiger partial charge is 0.411 e. The summed E-state index contributed by atoms with van der Waals surface area (Å²) in [5.41, 5.74) is 7.00. The van der Waals surface area contributed by atoms with Crippen molar-refractivity contribution < 1.29 is 19.1 Å². The Kier molecular flexibility index (Phi) is 8.08. The molecule has 1 saturated carbocycles. The summed E-state index contributed by atoms with van der Waals surface area (Å²) >= 11 is 0. The molecule has 2 amide bonds. The fraction of sp³-hybridized carbons (Fsp3) is 0.422. The molecule has 0 radical (unpaired) electrons. The molecule has 6 aromatic rings. The van der Waals surface area contributed by atoms with Gasteiger partial charge in [0, 0.05) is 12.1 Å². The summed E-state index contributed by atoms with van der Waals surface area (Å²) in [6, 6.07) is 25.8. The number of nitrogens with zero attached hydrogens (tertiary/aromatic N) is 4. The molecule has 2 aromatic heterocycles. The summed E-state index contributed by atoms with van der Waals surface area (Å²) in [5.74, 6) is 2.47. The van der Waals surface area contributed by atoms with E-state index in [1.807, 2.05) is 51.3 Å². The molecule has 1 aliphatic carbocycles. The van der Waals surface area contributed by atoms with Crippen LogP contribution in [0.5, 0.6) is 0 Å². The van der Waals surface area contributed by atoms with Crippen molar-refractivity contribution in [2.45, 2.75) is 110 Å². The number of benzene rings is 4. The van der Waals surface area contributed by atoms with Gasteiger partial charge in [0.2, 0.25) is 0 Å². The van der Waals surface area contributed by atoms with Crippen molar-refractivity contribution in [3.05, 3.63) is 84.4 Å². The lowest BCUT2D eigenvalue weighted by Crippen LogP contribution is -2.41. The number of likely N-dealkylation sites (tertiary alicyclic amines) is 2. The number of imidazole rings is 2. The second kappa shape index (κ2) is 12.6. The van der Waals surface area contributed by atoms with E-state index >= 15 is 0 Å². The number of aromatic nitrogens is 4. The average molecular weight is 739 g/mol. The number of H-pyrrole nitrogens is 2. The minimum absolute atomic E-state index is 0.0497. The molecule has 6 atom stereocenters. The van der Waals surface area contributed by atoms with Crippen LogP contribution in [0.3, 0.4) is 0 Å². The van der Waals surface area contributed by atoms with Crippen LogP contribution < -0.4 is 0 Å². The first-order chi connectivity index (χ1) is 26.1. The highest BCUT2D eigenvalue weighted by molar-refractivity contribution is 5.93. The normalized spacial score (nSPS) is 23.9. The van der Waals surface area contributed by atoms with Crippen molar-refractivity contribution in [1.29, 1.82) is 0 Å². The number of hydrogen-bond donors (Lipinski definition) is 2. The van der Waals surface area contributed by atoms with Crippen molar-refractivity contribution >= 4 is 45.0 Å². The van der Waals surface area contributed by atoms with Gasteiger partial charge in [-0.05, 0) is 149 Å². The lowest BCUT2D eigenvalue weighted by atomic mass is 9.97. The molecule has 3 fully saturated rings. The fourth-order valence-corrected chi connectivity index (χ4v) is 8.69. The Morgan fingerprint density at radius 3 is 1.58 bits per heavy atom. The first-order valence-electron chi connectivity index (χ1n) is 19.6. The van der Waals surface area contributed by atoms with E-state index in [0.29, 0.717) is 11.8 Å². The molecule has 10 heteroatoms. The van der Waals surface area contributed by atoms with Crippen LogP contribution in [0.15, 0.2) is 72.8 Å². The maximum absolute atomic E-state index is 13.3. The van der Waals surface area contributed by atoms with Crippen LogP contribution in [-0.4, -0.2) is 65.2 Å². The predicted octanol–water partition coefficient (Wildman–Crippen LogP) is 10.7. The maximum Gasteiger partial charge on any atom is 0.411 e. The Morgan fingerprint density at radius 1 is 0.618 bits per heavy atom. The minimum Gasteiger partial charge on any atom is -0.444 e. The second-order valence-electron chi connectivity index (χ2n) is 18.0. The molecular formula is C45H50N6O4. The van der Waals surface area contributed by atoms with Gasteiger partial charge >= 0.3 is 12.2 Å². The first-order valence-corrected chi connectivity index (χ1v) is 19.6. The van der Waals surface area contributed by atoms with Gasteiger partial charge in [-0.2, -0.15) is 0 Å². The Labute approximate surface area is 321 Å². The third-order valence-electron chi connectivity index (χ3n) is 11.6. The molecule has 3 aliphatic rings. The van der Waals surface area contributed by atoms with Gasteiger partial charge < -0.3 is 19.4 Å². The Morgan fingerprint density at radius 2 is 1.07 bits per heavy atom. The predicted molar refractivity (Wildman–Crippen MR) is 216 cm³/mol. The Bertz CT molecular complexity index is 2490. The molecule has 10 nitrogen and oxygen atoms in total. The van der Waals surface area contributed by atoms with E-state index in [9.17, 15) is 9.59 Å². The number of carbonyl (C=O) groups is 2. The van der Waals surface area contributed by atoms with Crippen molar-refractivity contribution in [1.82, 2.24) is 29.7 Å². The van der Waals surface area contributed by atoms with Crippen LogP contribution in [0.25, 0.3) is 55.1 Å². The van der Waals surface area contributed by atoms with Gasteiger partial charge in [0.05, 0.1) is 34.2 Å². The zero-order chi connectivity index (χ0) is 38.6. The van der Waals surface area contributed by atoms with E-state index in [1.54, 1.807) is 0 Å². The molecule has 0 unspecified atom stereocenters. The second-order valence-corrected chi connectivity index (χ2v) is 18.0. The largest absolute Gasteiger partial charge is 0.444 e. The third kappa shape index (κ3) is 6.59. The van der Waals surface area contributed by atoms with Crippen LogP contribution in [-0.2, 0) is 9.47 Å². The zero-order valence-electron chi connectivity index (χ0n) is 32.9. The first kappa shape index (κ1) is 35.3. The van der Waals surface area contributed by atoms with Gasteiger partial charge in [0.15, 0.2) is 0 Å². The third-order valence-corrected chi connectivity index (χ3v) is 11.6. The molecule has 4 heterocycles. The molecule has 0 bridgehead atoms. The summed E-state index contributed by atoms with van der Waals surface area (Å²) in [6.07, 6.45) is 2.23. The summed E-state index contributed by atoms with van der Waals surface area (Å²) in [5, 5.41) is 2.31. The summed E-state index contributed by atoms with van der Waals surface area (Å²) in [7, 11) is 0. The van der Waals surface area contributed by atoms with Gasteiger partial charge in [-0.3, -0.25) is 9.80 Å². The van der Waals surface area contributed by atoms with Crippen LogP contribution in [0.2, 0.25) is 0 Å². The molecule has 55 heavy (non-hydrogen) atoms. The van der Waals surface area contributed by atoms with Crippen molar-refractivity contribution in [3.8, 4) is 22.3 Å². The summed E-state index contributed by atoms with van der Waals surface area (Å²) < 4.78 is 11.6. The van der Waals surface area contributed by atoms with E-state index in [-0.39, 0.29) is 36.4 Å². The Hall–Kier alpha value is -5.38. The number of nitrogens with one attached hydrogen (secondary N) is 2. The standard InChI is InChI=1S/C45H50N6O4/c1-24-17-38(50(25(24)2)42(52)54-44(3,4)5)40-46-33-15-13-30(20-35(33)48-40)28-11-9-27-19-29(12-10-26(27)18-28)31-14-16-34-36(21-31)49-41(47-34)39-23-32-22-37(32)51(39)43(53)55-45(6,7)8/h9-16,18-21,24-25,32,37-39H,17,22-23H2,1-8H3,(H,46,48)(H,47,49)/t24-,25-,32-,37-,38+,39+/m1/s1. The number of aromatic amines is 2. The fourth-order valence-electron chi connectivity index (χ4n) is 8.69. The van der Waals surface area contributed by atoms with Crippen LogP contribution in [0, 0.1) is 11.8 Å². The number of fused-ring (bicyclic) bond motifs is 4. The molecule has 284 valence electrons. The number of piperidine rings is 1. The quantitative estimate of drug-likeness (QED) is 0.186. The van der Waals surface area contributed by atoms with Gasteiger partial charge in [-0.1, -0.05) is 43.3 Å². The number of carbonyl (C=O) groups excluding carboxylic acids is 2. The molecule has 0 spiro atoms. The lowest BCUT2D eigenvalue weighted by molar-refractivity contribution is 0.0137. The van der Waals surface area contributed by atoms with Crippen molar-refractivity contribution in [2.75, 3.05) is 0 Å². The van der Waals surface area contributed by atoms with E-state index in [2.05, 4.69) is 96.6 Å². The van der Waals surface area contributed by atoms with E-state index in [4.69, 9.17) is 19.4 Å². The SMILES string of the molecule is C[C@@H]1C[C@@H](c2nc3ccc(-c4ccc5cc(-c6ccc7nc([C@@H]8C[C@H]9C[C@H]9N8C(=O)OC(C)(C)C)[nH]c7c6)ccc5c4)cc3[nH]2)N(C(=O)OC(C)(C)C)[C@@H]1C. The molecule has 9 rings (SSSR count). The van der Waals surface area contributed by atoms with Crippen LogP contribution >= 0.6 is 0 Å². The van der Waals surface area contributed by atoms with Crippen LogP contribution in [0.1, 0.15) is 98.4 Å². The highest BCUT2D eigenvalue weighted by Gasteiger charge is 2.56. The van der Waals surface area contributed by atoms with E-state index < -0.39 is 11.2 Å². The van der Waals surface area contributed by atoms with Crippen LogP contribution in [0.4, 0.5) is 9.59 Å². The minimum atomic E-state index is -0.568. The summed E-state index contributed by atoms with van der Waals surface area (Å²) in [6.45, 7) is 15.7. The maximum atomic E-state index is 13.3. The molecule has 2 N–H and O–H groups in total. The molecular weight excluding hydrogens is 689 g/mol. The number of rotatable bonds is 4. The summed E-state index contributed by atoms with van der Waals surface area (Å²) in [4.78, 5) is 47.2. The van der Waals surface area contributed by atoms with Crippen molar-refractivity contribution in [2.24, 2.45) is 11.8 Å². The highest BCUT2D eigenvalue weighted by Crippen LogP contribution is 2.53. The number of ether oxygens (including phenoxy) is 2. The highest BCUT2D eigenvalue weighted by atomic mass is 16.6. The van der Waals surface area contributed by atoms with E-state index in [0.717, 1.165) is 86.0 Å². The number of hydrogen-bond acceptors (Lipinski definition) is 6. The van der Waals surface area contributed by atoms with Gasteiger partial charge in [-0.25, -0.2) is 19.6 Å². The zero-order valence-corrected chi connectivity index (χ0v) is 32.9. The van der Waals surface area contributed by atoms with E-state index in [1.165, 1.54) is 0 Å². The van der Waals surface area contributed by atoms with Gasteiger partial charge in [-0.15, -0.1) is 0 Å². The number of amides is 2. The van der Waals surface area contributed by atoms with Crippen molar-refractivity contribution in [3.63, 3.8) is 0 Å². The monoisotopic (exact) mass is 738 g/mol. The average Bonchev–Trinajstić information content (AvgIpc) is 3.46. The Balaban J connectivity index is 0.949. The molecule has 2 saturated heterocycles. The van der Waals surface area contributed by atoms with Gasteiger partial charge in [0.25, 0.3) is 0 Å². The molecule has 2 aliphatic heterocycles. The topological polar surface area (TPSA) is 116 Å². The van der Waals surface area contributed by atoms with Gasteiger partial charge in [0.1, 0.15) is 22.9 Å². The lowest BCUT2D eigenvalue weighted by Gasteiger charge is -2.31.